The minimum absolute atomic E-state index is 0.308. The van der Waals surface area contributed by atoms with Crippen LogP contribution in [0.5, 0.6) is 0 Å². The molecule has 0 amide bonds. The standard InChI is InChI=1S/C25H26N2O2S/c1-19(2)21-9-7-20(8-10-21)17-26-24-11-13-25(14-12-24)30(28,29)27-16-15-22-5-3-4-6-23(22)18-27/h3-14,17,19H,15-16,18H2,1-2H3. The summed E-state index contributed by atoms with van der Waals surface area (Å²) in [6.45, 7) is 5.26. The van der Waals surface area contributed by atoms with Gasteiger partial charge in [-0.25, -0.2) is 8.42 Å². The summed E-state index contributed by atoms with van der Waals surface area (Å²) in [5, 5.41) is 0. The number of benzene rings is 3. The first kappa shape index (κ1) is 20.5. The molecule has 0 fully saturated rings. The van der Waals surface area contributed by atoms with Crippen LogP contribution in [0.1, 0.15) is 42.0 Å². The van der Waals surface area contributed by atoms with Crippen LogP contribution in [0.3, 0.4) is 0 Å². The fourth-order valence-corrected chi connectivity index (χ4v) is 5.06. The molecule has 3 aromatic rings. The molecule has 0 radical (unpaired) electrons. The highest BCUT2D eigenvalue weighted by molar-refractivity contribution is 7.89. The Kier molecular flexibility index (Phi) is 5.84. The quantitative estimate of drug-likeness (QED) is 0.528. The molecule has 1 aliphatic rings. The van der Waals surface area contributed by atoms with Gasteiger partial charge in [0.25, 0.3) is 0 Å². The molecule has 0 unspecified atom stereocenters. The zero-order valence-corrected chi connectivity index (χ0v) is 18.1. The van der Waals surface area contributed by atoms with Crippen molar-refractivity contribution in [1.82, 2.24) is 4.31 Å². The Morgan fingerprint density at radius 3 is 2.23 bits per heavy atom. The summed E-state index contributed by atoms with van der Waals surface area (Å²) in [6.07, 6.45) is 2.54. The van der Waals surface area contributed by atoms with Crippen molar-refractivity contribution in [1.29, 1.82) is 0 Å². The predicted molar refractivity (Wildman–Crippen MR) is 122 cm³/mol. The number of nitrogens with zero attached hydrogens (tertiary/aromatic N) is 2. The summed E-state index contributed by atoms with van der Waals surface area (Å²) in [5.74, 6) is 0.499. The molecule has 0 bridgehead atoms. The van der Waals surface area contributed by atoms with Crippen LogP contribution in [-0.4, -0.2) is 25.5 Å². The van der Waals surface area contributed by atoms with Crippen LogP contribution in [0.25, 0.3) is 0 Å². The summed E-state index contributed by atoms with van der Waals surface area (Å²) in [7, 11) is -3.52. The third kappa shape index (κ3) is 4.37. The number of aliphatic imine (C=N–C) groups is 1. The molecule has 0 aromatic heterocycles. The van der Waals surface area contributed by atoms with Crippen LogP contribution in [0.2, 0.25) is 0 Å². The summed E-state index contributed by atoms with van der Waals surface area (Å²) in [6, 6.07) is 23.1. The molecule has 1 aliphatic heterocycles. The molecule has 5 heteroatoms. The van der Waals surface area contributed by atoms with Crippen molar-refractivity contribution in [2.45, 2.75) is 37.6 Å². The fraction of sp³-hybridized carbons (Fsp3) is 0.240. The Balaban J connectivity index is 1.47. The van der Waals surface area contributed by atoms with E-state index in [-0.39, 0.29) is 0 Å². The Bertz CT molecular complexity index is 1150. The van der Waals surface area contributed by atoms with Gasteiger partial charge in [0.15, 0.2) is 0 Å². The van der Waals surface area contributed by atoms with E-state index in [2.05, 4.69) is 37.0 Å². The van der Waals surface area contributed by atoms with Crippen LogP contribution in [0.15, 0.2) is 82.7 Å². The van der Waals surface area contributed by atoms with Crippen molar-refractivity contribution in [3.05, 3.63) is 95.1 Å². The number of fused-ring (bicyclic) bond motifs is 1. The molecule has 0 aliphatic carbocycles. The van der Waals surface area contributed by atoms with E-state index in [1.165, 1.54) is 11.1 Å². The Labute approximate surface area is 179 Å². The van der Waals surface area contributed by atoms with E-state index in [1.807, 2.05) is 30.3 Å². The lowest BCUT2D eigenvalue weighted by molar-refractivity contribution is 0.391. The van der Waals surface area contributed by atoms with Gasteiger partial charge in [0.05, 0.1) is 10.6 Å². The molecule has 154 valence electrons. The molecule has 3 aromatic carbocycles. The second-order valence-electron chi connectivity index (χ2n) is 7.93. The summed E-state index contributed by atoms with van der Waals surface area (Å²) in [5.41, 5.74) is 5.35. The first-order valence-corrected chi connectivity index (χ1v) is 11.7. The highest BCUT2D eigenvalue weighted by Crippen LogP contribution is 2.26. The normalized spacial score (nSPS) is 14.9. The van der Waals surface area contributed by atoms with Gasteiger partial charge in [0.2, 0.25) is 10.0 Å². The second-order valence-corrected chi connectivity index (χ2v) is 9.87. The van der Waals surface area contributed by atoms with Crippen molar-refractivity contribution >= 4 is 21.9 Å². The van der Waals surface area contributed by atoms with Crippen molar-refractivity contribution in [2.24, 2.45) is 4.99 Å². The van der Waals surface area contributed by atoms with Gasteiger partial charge in [-0.15, -0.1) is 0 Å². The van der Waals surface area contributed by atoms with Gasteiger partial charge in [0, 0.05) is 19.3 Å². The fourth-order valence-electron chi connectivity index (χ4n) is 3.64. The Hall–Kier alpha value is -2.76. The average molecular weight is 419 g/mol. The average Bonchev–Trinajstić information content (AvgIpc) is 2.78. The lowest BCUT2D eigenvalue weighted by Crippen LogP contribution is -2.35. The maximum atomic E-state index is 13.1. The van der Waals surface area contributed by atoms with Crippen LogP contribution in [0.4, 0.5) is 5.69 Å². The maximum absolute atomic E-state index is 13.1. The predicted octanol–water partition coefficient (Wildman–Crippen LogP) is 5.31. The minimum Gasteiger partial charge on any atom is -0.256 e. The monoisotopic (exact) mass is 418 g/mol. The highest BCUT2D eigenvalue weighted by Gasteiger charge is 2.28. The summed E-state index contributed by atoms with van der Waals surface area (Å²) >= 11 is 0. The van der Waals surface area contributed by atoms with E-state index in [1.54, 1.807) is 34.8 Å². The molecule has 0 spiro atoms. The third-order valence-corrected chi connectivity index (χ3v) is 7.40. The minimum atomic E-state index is -3.52. The first-order chi connectivity index (χ1) is 14.4. The molecule has 1 heterocycles. The van der Waals surface area contributed by atoms with E-state index in [4.69, 9.17) is 0 Å². The van der Waals surface area contributed by atoms with Gasteiger partial charge < -0.3 is 0 Å². The third-order valence-electron chi connectivity index (χ3n) is 5.54. The zero-order valence-electron chi connectivity index (χ0n) is 17.3. The first-order valence-electron chi connectivity index (χ1n) is 10.2. The lowest BCUT2D eigenvalue weighted by atomic mass is 10.0. The summed E-state index contributed by atoms with van der Waals surface area (Å²) in [4.78, 5) is 4.79. The molecule has 30 heavy (non-hydrogen) atoms. The Morgan fingerprint density at radius 2 is 1.57 bits per heavy atom. The van der Waals surface area contributed by atoms with Crippen molar-refractivity contribution in [3.8, 4) is 0 Å². The Morgan fingerprint density at radius 1 is 0.900 bits per heavy atom. The molecule has 0 atom stereocenters. The van der Waals surface area contributed by atoms with Gasteiger partial charge in [0.1, 0.15) is 0 Å². The molecule has 0 saturated carbocycles. The summed E-state index contributed by atoms with van der Waals surface area (Å²) < 4.78 is 27.7. The number of hydrogen-bond acceptors (Lipinski definition) is 3. The molecule has 4 rings (SSSR count). The molecule has 4 nitrogen and oxygen atoms in total. The van der Waals surface area contributed by atoms with Crippen LogP contribution < -0.4 is 0 Å². The number of sulfonamides is 1. The molecule has 0 N–H and O–H groups in total. The largest absolute Gasteiger partial charge is 0.256 e. The maximum Gasteiger partial charge on any atom is 0.243 e. The number of rotatable bonds is 5. The van der Waals surface area contributed by atoms with Crippen molar-refractivity contribution in [2.75, 3.05) is 6.54 Å². The van der Waals surface area contributed by atoms with E-state index in [0.717, 1.165) is 23.2 Å². The van der Waals surface area contributed by atoms with Crippen LogP contribution >= 0.6 is 0 Å². The van der Waals surface area contributed by atoms with E-state index >= 15 is 0 Å². The topological polar surface area (TPSA) is 49.7 Å². The van der Waals surface area contributed by atoms with Gasteiger partial charge in [-0.1, -0.05) is 62.4 Å². The lowest BCUT2D eigenvalue weighted by Gasteiger charge is -2.28. The van der Waals surface area contributed by atoms with Crippen molar-refractivity contribution < 1.29 is 8.42 Å². The van der Waals surface area contributed by atoms with Crippen LogP contribution in [0, 0.1) is 0 Å². The smallest absolute Gasteiger partial charge is 0.243 e. The van der Waals surface area contributed by atoms with Gasteiger partial charge in [-0.3, -0.25) is 4.99 Å². The second kappa shape index (κ2) is 8.54. The van der Waals surface area contributed by atoms with E-state index in [0.29, 0.717) is 23.9 Å². The van der Waals surface area contributed by atoms with Gasteiger partial charge >= 0.3 is 0 Å². The van der Waals surface area contributed by atoms with Crippen LogP contribution in [-0.2, 0) is 23.0 Å². The van der Waals surface area contributed by atoms with Gasteiger partial charge in [-0.05, 0) is 58.9 Å². The van der Waals surface area contributed by atoms with E-state index in [9.17, 15) is 8.42 Å². The van der Waals surface area contributed by atoms with Crippen molar-refractivity contribution in [3.63, 3.8) is 0 Å². The molecular formula is C25H26N2O2S. The SMILES string of the molecule is CC(C)c1ccc(C=Nc2ccc(S(=O)(=O)N3CCc4ccccc4C3)cc2)cc1. The zero-order chi connectivity index (χ0) is 21.1. The molecule has 0 saturated heterocycles. The molecular weight excluding hydrogens is 392 g/mol. The number of hydrogen-bond donors (Lipinski definition) is 0. The van der Waals surface area contributed by atoms with Gasteiger partial charge in [-0.2, -0.15) is 4.31 Å². The highest BCUT2D eigenvalue weighted by atomic mass is 32.2. The van der Waals surface area contributed by atoms with E-state index < -0.39 is 10.0 Å².